The van der Waals surface area contributed by atoms with Gasteiger partial charge in [-0.25, -0.2) is 9.97 Å². The predicted octanol–water partition coefficient (Wildman–Crippen LogP) is 2.68. The van der Waals surface area contributed by atoms with Crippen molar-refractivity contribution in [2.24, 2.45) is 0 Å². The van der Waals surface area contributed by atoms with E-state index in [0.717, 1.165) is 18.2 Å². The maximum atomic E-state index is 4.37. The van der Waals surface area contributed by atoms with Gasteiger partial charge in [0.25, 0.3) is 0 Å². The van der Waals surface area contributed by atoms with E-state index in [1.807, 2.05) is 6.07 Å². The Hall–Kier alpha value is -1.32. The van der Waals surface area contributed by atoms with Gasteiger partial charge in [0.05, 0.1) is 0 Å². The number of hydrogen-bond donors (Lipinski definition) is 1. The SMILES string of the molecule is CCNc1cc(N(C)C2CCCCC2)ncn1. The highest BCUT2D eigenvalue weighted by Gasteiger charge is 2.19. The summed E-state index contributed by atoms with van der Waals surface area (Å²) in [6.07, 6.45) is 8.30. The zero-order chi connectivity index (χ0) is 12.1. The molecule has 1 N–H and O–H groups in total. The topological polar surface area (TPSA) is 41.0 Å². The predicted molar refractivity (Wildman–Crippen MR) is 71.5 cm³/mol. The second-order valence-corrected chi connectivity index (χ2v) is 4.69. The fourth-order valence-electron chi connectivity index (χ4n) is 2.47. The molecule has 0 bridgehead atoms. The van der Waals surface area contributed by atoms with Crippen LogP contribution in [0, 0.1) is 0 Å². The molecule has 4 heteroatoms. The van der Waals surface area contributed by atoms with Crippen LogP contribution >= 0.6 is 0 Å². The molecule has 1 aliphatic carbocycles. The summed E-state index contributed by atoms with van der Waals surface area (Å²) in [6.45, 7) is 2.97. The first-order chi connectivity index (χ1) is 8.31. The Morgan fingerprint density at radius 2 is 2.06 bits per heavy atom. The van der Waals surface area contributed by atoms with Gasteiger partial charge in [-0.15, -0.1) is 0 Å². The van der Waals surface area contributed by atoms with Gasteiger partial charge in [0.2, 0.25) is 0 Å². The summed E-state index contributed by atoms with van der Waals surface area (Å²) >= 11 is 0. The summed E-state index contributed by atoms with van der Waals surface area (Å²) in [7, 11) is 2.15. The van der Waals surface area contributed by atoms with E-state index in [1.165, 1.54) is 32.1 Å². The minimum atomic E-state index is 0.646. The van der Waals surface area contributed by atoms with Crippen LogP contribution in [0.4, 0.5) is 11.6 Å². The van der Waals surface area contributed by atoms with E-state index >= 15 is 0 Å². The van der Waals surface area contributed by atoms with E-state index in [-0.39, 0.29) is 0 Å². The number of nitrogens with zero attached hydrogens (tertiary/aromatic N) is 3. The Balaban J connectivity index is 2.06. The second kappa shape index (κ2) is 5.84. The van der Waals surface area contributed by atoms with Gasteiger partial charge in [0.15, 0.2) is 0 Å². The Labute approximate surface area is 103 Å². The lowest BCUT2D eigenvalue weighted by molar-refractivity contribution is 0.426. The van der Waals surface area contributed by atoms with Crippen LogP contribution < -0.4 is 10.2 Å². The third-order valence-corrected chi connectivity index (χ3v) is 3.49. The standard InChI is InChI=1S/C13H22N4/c1-3-14-12-9-13(16-10-15-12)17(2)11-7-5-4-6-8-11/h9-11H,3-8H2,1-2H3,(H,14,15,16). The molecule has 0 saturated heterocycles. The molecule has 0 amide bonds. The van der Waals surface area contributed by atoms with Crippen molar-refractivity contribution in [2.45, 2.75) is 45.1 Å². The molecule has 0 radical (unpaired) electrons. The summed E-state index contributed by atoms with van der Waals surface area (Å²) in [5.41, 5.74) is 0. The van der Waals surface area contributed by atoms with E-state index < -0.39 is 0 Å². The molecule has 1 aliphatic rings. The van der Waals surface area contributed by atoms with Gasteiger partial charge in [0, 0.05) is 25.7 Å². The maximum absolute atomic E-state index is 4.37. The van der Waals surface area contributed by atoms with Gasteiger partial charge in [-0.2, -0.15) is 0 Å². The molecule has 17 heavy (non-hydrogen) atoms. The lowest BCUT2D eigenvalue weighted by Crippen LogP contribution is -2.33. The second-order valence-electron chi connectivity index (χ2n) is 4.69. The van der Waals surface area contributed by atoms with Crippen LogP contribution in [0.1, 0.15) is 39.0 Å². The molecule has 1 aromatic heterocycles. The van der Waals surface area contributed by atoms with Crippen LogP contribution in [0.2, 0.25) is 0 Å². The Morgan fingerprint density at radius 3 is 2.76 bits per heavy atom. The molecule has 0 aliphatic heterocycles. The fourth-order valence-corrected chi connectivity index (χ4v) is 2.47. The maximum Gasteiger partial charge on any atom is 0.134 e. The number of aromatic nitrogens is 2. The molecule has 1 fully saturated rings. The first kappa shape index (κ1) is 12.1. The van der Waals surface area contributed by atoms with Crippen molar-refractivity contribution in [1.29, 1.82) is 0 Å². The smallest absolute Gasteiger partial charge is 0.134 e. The highest BCUT2D eigenvalue weighted by Crippen LogP contribution is 2.25. The molecular weight excluding hydrogens is 212 g/mol. The Kier molecular flexibility index (Phi) is 4.18. The molecule has 4 nitrogen and oxygen atoms in total. The molecule has 94 valence electrons. The van der Waals surface area contributed by atoms with E-state index in [0.29, 0.717) is 6.04 Å². The average molecular weight is 234 g/mol. The van der Waals surface area contributed by atoms with Crippen LogP contribution in [-0.4, -0.2) is 29.6 Å². The quantitative estimate of drug-likeness (QED) is 0.869. The highest BCUT2D eigenvalue weighted by molar-refractivity contribution is 5.48. The number of nitrogens with one attached hydrogen (secondary N) is 1. The van der Waals surface area contributed by atoms with Crippen molar-refractivity contribution in [2.75, 3.05) is 23.8 Å². The zero-order valence-corrected chi connectivity index (χ0v) is 10.8. The van der Waals surface area contributed by atoms with Crippen LogP contribution in [0.15, 0.2) is 12.4 Å². The molecule has 0 unspecified atom stereocenters. The minimum Gasteiger partial charge on any atom is -0.370 e. The van der Waals surface area contributed by atoms with Crippen LogP contribution in [0.5, 0.6) is 0 Å². The summed E-state index contributed by atoms with van der Waals surface area (Å²) < 4.78 is 0. The minimum absolute atomic E-state index is 0.646. The van der Waals surface area contributed by atoms with Crippen LogP contribution in [-0.2, 0) is 0 Å². The van der Waals surface area contributed by atoms with Crippen molar-refractivity contribution >= 4 is 11.6 Å². The van der Waals surface area contributed by atoms with Crippen molar-refractivity contribution in [3.63, 3.8) is 0 Å². The molecule has 2 rings (SSSR count). The monoisotopic (exact) mass is 234 g/mol. The zero-order valence-electron chi connectivity index (χ0n) is 10.8. The highest BCUT2D eigenvalue weighted by atomic mass is 15.2. The van der Waals surface area contributed by atoms with Gasteiger partial charge >= 0.3 is 0 Å². The largest absolute Gasteiger partial charge is 0.370 e. The molecule has 0 atom stereocenters. The summed E-state index contributed by atoms with van der Waals surface area (Å²) in [4.78, 5) is 10.9. The van der Waals surface area contributed by atoms with Crippen LogP contribution in [0.3, 0.4) is 0 Å². The molecule has 0 aromatic carbocycles. The van der Waals surface area contributed by atoms with Crippen molar-refractivity contribution < 1.29 is 0 Å². The van der Waals surface area contributed by atoms with Gasteiger partial charge in [0.1, 0.15) is 18.0 Å². The molecule has 1 aromatic rings. The molecule has 1 heterocycles. The third kappa shape index (κ3) is 3.08. The number of hydrogen-bond acceptors (Lipinski definition) is 4. The Bertz CT molecular complexity index is 347. The summed E-state index contributed by atoms with van der Waals surface area (Å²) in [6, 6.07) is 2.69. The van der Waals surface area contributed by atoms with Crippen molar-refractivity contribution in [1.82, 2.24) is 9.97 Å². The third-order valence-electron chi connectivity index (χ3n) is 3.49. The number of anilines is 2. The van der Waals surface area contributed by atoms with E-state index in [4.69, 9.17) is 0 Å². The lowest BCUT2D eigenvalue weighted by Gasteiger charge is -2.32. The summed E-state index contributed by atoms with van der Waals surface area (Å²) in [5, 5.41) is 3.23. The van der Waals surface area contributed by atoms with E-state index in [1.54, 1.807) is 6.33 Å². The van der Waals surface area contributed by atoms with Gasteiger partial charge in [-0.05, 0) is 19.8 Å². The van der Waals surface area contributed by atoms with Gasteiger partial charge in [-0.3, -0.25) is 0 Å². The normalized spacial score (nSPS) is 16.8. The van der Waals surface area contributed by atoms with E-state index in [2.05, 4.69) is 34.2 Å². The van der Waals surface area contributed by atoms with Gasteiger partial charge < -0.3 is 10.2 Å². The van der Waals surface area contributed by atoms with Crippen LogP contribution in [0.25, 0.3) is 0 Å². The Morgan fingerprint density at radius 1 is 1.29 bits per heavy atom. The number of rotatable bonds is 4. The first-order valence-corrected chi connectivity index (χ1v) is 6.60. The van der Waals surface area contributed by atoms with Gasteiger partial charge in [-0.1, -0.05) is 19.3 Å². The summed E-state index contributed by atoms with van der Waals surface area (Å²) in [5.74, 6) is 1.95. The average Bonchev–Trinajstić information content (AvgIpc) is 2.40. The lowest BCUT2D eigenvalue weighted by atomic mass is 9.94. The van der Waals surface area contributed by atoms with Crippen molar-refractivity contribution in [3.8, 4) is 0 Å². The van der Waals surface area contributed by atoms with Crippen molar-refractivity contribution in [3.05, 3.63) is 12.4 Å². The molecule has 0 spiro atoms. The fraction of sp³-hybridized carbons (Fsp3) is 0.692. The molecular formula is C13H22N4. The van der Waals surface area contributed by atoms with E-state index in [9.17, 15) is 0 Å². The first-order valence-electron chi connectivity index (χ1n) is 6.60. The molecule has 1 saturated carbocycles.